The van der Waals surface area contributed by atoms with Crippen LogP contribution >= 0.6 is 11.3 Å². The minimum absolute atomic E-state index is 0.382. The van der Waals surface area contributed by atoms with Crippen LogP contribution in [0.5, 0.6) is 0 Å². The molecular formula is C11H19N3S. The summed E-state index contributed by atoms with van der Waals surface area (Å²) in [5.41, 5.74) is 7.21. The summed E-state index contributed by atoms with van der Waals surface area (Å²) >= 11 is 1.74. The van der Waals surface area contributed by atoms with Crippen molar-refractivity contribution in [3.05, 3.63) is 11.1 Å². The fourth-order valence-corrected chi connectivity index (χ4v) is 2.98. The molecule has 1 aliphatic heterocycles. The van der Waals surface area contributed by atoms with Gasteiger partial charge in [0.1, 0.15) is 0 Å². The maximum atomic E-state index is 6.09. The van der Waals surface area contributed by atoms with Gasteiger partial charge in [-0.2, -0.15) is 0 Å². The van der Waals surface area contributed by atoms with Gasteiger partial charge in [-0.1, -0.05) is 13.3 Å². The van der Waals surface area contributed by atoms with Crippen molar-refractivity contribution in [1.82, 2.24) is 4.98 Å². The number of nitrogens with zero attached hydrogens (tertiary/aromatic N) is 2. The molecule has 0 spiro atoms. The summed E-state index contributed by atoms with van der Waals surface area (Å²) < 4.78 is 0. The van der Waals surface area contributed by atoms with Gasteiger partial charge in [-0.05, 0) is 19.3 Å². The van der Waals surface area contributed by atoms with E-state index in [2.05, 4.69) is 22.2 Å². The number of nitrogens with two attached hydrogens (primary N) is 1. The van der Waals surface area contributed by atoms with Gasteiger partial charge in [-0.15, -0.1) is 11.3 Å². The number of anilines is 1. The lowest BCUT2D eigenvalue weighted by molar-refractivity contribution is 0.348. The molecule has 1 aliphatic rings. The SMILES string of the molecule is CCC1CN(c2nc(C)cs2)CCC1N. The third kappa shape index (κ3) is 2.32. The molecular weight excluding hydrogens is 206 g/mol. The highest BCUT2D eigenvalue weighted by molar-refractivity contribution is 7.13. The number of hydrogen-bond donors (Lipinski definition) is 1. The molecule has 0 aliphatic carbocycles. The number of hydrogen-bond acceptors (Lipinski definition) is 4. The lowest BCUT2D eigenvalue weighted by Crippen LogP contribution is -2.46. The predicted molar refractivity (Wildman–Crippen MR) is 65.4 cm³/mol. The molecule has 1 saturated heterocycles. The highest BCUT2D eigenvalue weighted by Gasteiger charge is 2.26. The van der Waals surface area contributed by atoms with Crippen molar-refractivity contribution in [2.75, 3.05) is 18.0 Å². The van der Waals surface area contributed by atoms with Gasteiger partial charge in [0.05, 0.1) is 5.69 Å². The second-order valence-corrected chi connectivity index (χ2v) is 5.17. The smallest absolute Gasteiger partial charge is 0.185 e. The highest BCUT2D eigenvalue weighted by Crippen LogP contribution is 2.26. The van der Waals surface area contributed by atoms with Gasteiger partial charge in [0.15, 0.2) is 5.13 Å². The minimum Gasteiger partial charge on any atom is -0.348 e. The van der Waals surface area contributed by atoms with E-state index in [1.165, 1.54) is 6.42 Å². The van der Waals surface area contributed by atoms with E-state index >= 15 is 0 Å². The molecule has 2 unspecified atom stereocenters. The lowest BCUT2D eigenvalue weighted by Gasteiger charge is -2.36. The molecule has 2 heterocycles. The third-order valence-electron chi connectivity index (χ3n) is 3.19. The van der Waals surface area contributed by atoms with Crippen LogP contribution in [0.25, 0.3) is 0 Å². The van der Waals surface area contributed by atoms with Gasteiger partial charge in [0.25, 0.3) is 0 Å². The van der Waals surface area contributed by atoms with Crippen molar-refractivity contribution in [2.45, 2.75) is 32.7 Å². The molecule has 4 heteroatoms. The van der Waals surface area contributed by atoms with Crippen molar-refractivity contribution in [2.24, 2.45) is 11.7 Å². The molecule has 2 atom stereocenters. The fourth-order valence-electron chi connectivity index (χ4n) is 2.14. The first-order valence-electron chi connectivity index (χ1n) is 5.63. The monoisotopic (exact) mass is 225 g/mol. The number of rotatable bonds is 2. The van der Waals surface area contributed by atoms with Crippen LogP contribution in [-0.2, 0) is 0 Å². The maximum Gasteiger partial charge on any atom is 0.185 e. The fraction of sp³-hybridized carbons (Fsp3) is 0.727. The average Bonchev–Trinajstić information content (AvgIpc) is 2.66. The Hall–Kier alpha value is -0.610. The molecule has 84 valence electrons. The van der Waals surface area contributed by atoms with Gasteiger partial charge in [-0.3, -0.25) is 0 Å². The molecule has 3 nitrogen and oxygen atoms in total. The summed E-state index contributed by atoms with van der Waals surface area (Å²) in [6, 6.07) is 0.382. The van der Waals surface area contributed by atoms with Gasteiger partial charge >= 0.3 is 0 Å². The first-order chi connectivity index (χ1) is 7.20. The van der Waals surface area contributed by atoms with Crippen LogP contribution in [0, 0.1) is 12.8 Å². The van der Waals surface area contributed by atoms with Gasteiger partial charge < -0.3 is 10.6 Å². The summed E-state index contributed by atoms with van der Waals surface area (Å²) in [6.07, 6.45) is 2.26. The Morgan fingerprint density at radius 2 is 2.47 bits per heavy atom. The van der Waals surface area contributed by atoms with Crippen LogP contribution in [0.2, 0.25) is 0 Å². The van der Waals surface area contributed by atoms with Gasteiger partial charge in [0, 0.05) is 24.5 Å². The van der Waals surface area contributed by atoms with Crippen LogP contribution in [0.3, 0.4) is 0 Å². The molecule has 1 aromatic heterocycles. The van der Waals surface area contributed by atoms with Crippen molar-refractivity contribution in [3.8, 4) is 0 Å². The Morgan fingerprint density at radius 1 is 1.67 bits per heavy atom. The second kappa shape index (κ2) is 4.49. The van der Waals surface area contributed by atoms with Gasteiger partial charge in [0.2, 0.25) is 0 Å². The normalized spacial score (nSPS) is 27.0. The van der Waals surface area contributed by atoms with E-state index in [1.54, 1.807) is 11.3 Å². The Kier molecular flexibility index (Phi) is 3.26. The zero-order valence-corrected chi connectivity index (χ0v) is 10.3. The third-order valence-corrected chi connectivity index (χ3v) is 4.21. The molecule has 0 saturated carbocycles. The number of thiazole rings is 1. The average molecular weight is 225 g/mol. The number of aromatic nitrogens is 1. The summed E-state index contributed by atoms with van der Waals surface area (Å²) in [5, 5.41) is 3.28. The van der Waals surface area contributed by atoms with E-state index in [-0.39, 0.29) is 0 Å². The predicted octanol–water partition coefficient (Wildman–Crippen LogP) is 2.02. The van der Waals surface area contributed by atoms with Crippen molar-refractivity contribution >= 4 is 16.5 Å². The molecule has 0 radical (unpaired) electrons. The van der Waals surface area contributed by atoms with E-state index in [1.807, 2.05) is 6.92 Å². The Morgan fingerprint density at radius 3 is 3.07 bits per heavy atom. The van der Waals surface area contributed by atoms with E-state index in [9.17, 15) is 0 Å². The van der Waals surface area contributed by atoms with Crippen LogP contribution < -0.4 is 10.6 Å². The molecule has 2 rings (SSSR count). The quantitative estimate of drug-likeness (QED) is 0.837. The van der Waals surface area contributed by atoms with Crippen molar-refractivity contribution in [1.29, 1.82) is 0 Å². The van der Waals surface area contributed by atoms with Crippen molar-refractivity contribution in [3.63, 3.8) is 0 Å². The second-order valence-electron chi connectivity index (χ2n) is 4.34. The molecule has 1 fully saturated rings. The number of aryl methyl sites for hydroxylation is 1. The minimum atomic E-state index is 0.382. The Labute approximate surface area is 95.3 Å². The first-order valence-corrected chi connectivity index (χ1v) is 6.51. The maximum absolute atomic E-state index is 6.09. The molecule has 2 N–H and O–H groups in total. The summed E-state index contributed by atoms with van der Waals surface area (Å²) in [4.78, 5) is 6.92. The zero-order chi connectivity index (χ0) is 10.8. The van der Waals surface area contributed by atoms with Gasteiger partial charge in [-0.25, -0.2) is 4.98 Å². The van der Waals surface area contributed by atoms with Crippen LogP contribution in [0.1, 0.15) is 25.5 Å². The Balaban J connectivity index is 2.06. The summed E-state index contributed by atoms with van der Waals surface area (Å²) in [7, 11) is 0. The van der Waals surface area contributed by atoms with Crippen LogP contribution in [0.4, 0.5) is 5.13 Å². The summed E-state index contributed by atoms with van der Waals surface area (Å²) in [6.45, 7) is 6.41. The standard InChI is InChI=1S/C11H19N3S/c1-3-9-6-14(5-4-10(9)12)11-13-8(2)7-15-11/h7,9-10H,3-6,12H2,1-2H3. The van der Waals surface area contributed by atoms with Crippen molar-refractivity contribution < 1.29 is 0 Å². The highest BCUT2D eigenvalue weighted by atomic mass is 32.1. The molecule has 0 aromatic carbocycles. The molecule has 15 heavy (non-hydrogen) atoms. The lowest BCUT2D eigenvalue weighted by atomic mass is 9.91. The van der Waals surface area contributed by atoms with E-state index < -0.39 is 0 Å². The largest absolute Gasteiger partial charge is 0.348 e. The van der Waals surface area contributed by atoms with Crippen LogP contribution in [-0.4, -0.2) is 24.1 Å². The molecule has 1 aromatic rings. The van der Waals surface area contributed by atoms with Crippen LogP contribution in [0.15, 0.2) is 5.38 Å². The molecule has 0 bridgehead atoms. The van der Waals surface area contributed by atoms with E-state index in [0.717, 1.165) is 30.3 Å². The Bertz CT molecular complexity index is 323. The first kappa shape index (κ1) is 10.9. The molecule has 0 amide bonds. The van der Waals surface area contributed by atoms with E-state index in [4.69, 9.17) is 5.73 Å². The topological polar surface area (TPSA) is 42.2 Å². The summed E-state index contributed by atoms with van der Waals surface area (Å²) in [5.74, 6) is 0.628. The zero-order valence-electron chi connectivity index (χ0n) is 9.44. The number of piperidine rings is 1. The van der Waals surface area contributed by atoms with E-state index in [0.29, 0.717) is 12.0 Å².